The van der Waals surface area contributed by atoms with E-state index >= 15 is 0 Å². The molecule has 2 heterocycles. The van der Waals surface area contributed by atoms with Gasteiger partial charge in [-0.05, 0) is 55.0 Å². The summed E-state index contributed by atoms with van der Waals surface area (Å²) in [7, 11) is 0. The molecule has 5 rings (SSSR count). The Hall–Kier alpha value is -4.17. The summed E-state index contributed by atoms with van der Waals surface area (Å²) in [6.45, 7) is 2.27. The summed E-state index contributed by atoms with van der Waals surface area (Å²) in [6, 6.07) is 20.9. The highest BCUT2D eigenvalue weighted by Gasteiger charge is 2.12. The van der Waals surface area contributed by atoms with Crippen molar-refractivity contribution in [2.45, 2.75) is 6.92 Å². The van der Waals surface area contributed by atoms with Crippen LogP contribution < -0.4 is 20.2 Å². The average Bonchev–Trinajstić information content (AvgIpc) is 3.50. The molecule has 0 bridgehead atoms. The number of amides is 1. The Balaban J connectivity index is 1.20. The molecule has 0 saturated heterocycles. The SMILES string of the molecule is Cc1ccc(Nc2nc(-c3ccc(C(=O)N/N=C\c4ccc5c(c4)OCO5)cc3)cs2)cc1. The van der Waals surface area contributed by atoms with Crippen LogP contribution in [0.4, 0.5) is 10.8 Å². The lowest BCUT2D eigenvalue weighted by Gasteiger charge is -2.03. The molecule has 1 aliphatic heterocycles. The number of aryl methyl sites for hydroxylation is 1. The number of carbonyl (C=O) groups excluding carboxylic acids is 1. The second-order valence-electron chi connectivity index (χ2n) is 7.42. The number of thiazole rings is 1. The highest BCUT2D eigenvalue weighted by Crippen LogP contribution is 2.32. The number of aromatic nitrogens is 1. The molecule has 164 valence electrons. The van der Waals surface area contributed by atoms with E-state index in [1.807, 2.05) is 47.8 Å². The zero-order chi connectivity index (χ0) is 22.6. The number of fused-ring (bicyclic) bond motifs is 1. The molecule has 4 aromatic rings. The number of benzene rings is 3. The fourth-order valence-electron chi connectivity index (χ4n) is 3.24. The molecule has 0 radical (unpaired) electrons. The van der Waals surface area contributed by atoms with Crippen LogP contribution in [0.5, 0.6) is 11.5 Å². The second-order valence-corrected chi connectivity index (χ2v) is 8.28. The maximum absolute atomic E-state index is 12.4. The molecule has 1 aliphatic rings. The minimum Gasteiger partial charge on any atom is -0.454 e. The Labute approximate surface area is 194 Å². The molecule has 1 aromatic heterocycles. The molecule has 0 spiro atoms. The van der Waals surface area contributed by atoms with E-state index in [0.29, 0.717) is 17.1 Å². The van der Waals surface area contributed by atoms with Crippen LogP contribution in [0.15, 0.2) is 77.2 Å². The van der Waals surface area contributed by atoms with Crippen LogP contribution in [0.1, 0.15) is 21.5 Å². The Morgan fingerprint density at radius 1 is 1.03 bits per heavy atom. The number of nitrogens with zero attached hydrogens (tertiary/aromatic N) is 2. The standard InChI is InChI=1S/C25H20N4O3S/c1-16-2-9-20(10-3-16)27-25-28-21(14-33-25)18-5-7-19(8-6-18)24(30)29-26-13-17-4-11-22-23(12-17)32-15-31-22/h2-14H,15H2,1H3,(H,27,28)(H,29,30)/b26-13-. The molecule has 8 heteroatoms. The van der Waals surface area contributed by atoms with Gasteiger partial charge in [-0.15, -0.1) is 11.3 Å². The molecule has 1 amide bonds. The van der Waals surface area contributed by atoms with Crippen LogP contribution >= 0.6 is 11.3 Å². The molecule has 0 aliphatic carbocycles. The molecule has 0 fully saturated rings. The molecule has 7 nitrogen and oxygen atoms in total. The highest BCUT2D eigenvalue weighted by atomic mass is 32.1. The van der Waals surface area contributed by atoms with Gasteiger partial charge in [0.15, 0.2) is 16.6 Å². The quantitative estimate of drug-likeness (QED) is 0.302. The molecule has 2 N–H and O–H groups in total. The monoisotopic (exact) mass is 456 g/mol. The largest absolute Gasteiger partial charge is 0.454 e. The van der Waals surface area contributed by atoms with E-state index in [9.17, 15) is 4.79 Å². The number of nitrogens with one attached hydrogen (secondary N) is 2. The first-order valence-electron chi connectivity index (χ1n) is 10.3. The van der Waals surface area contributed by atoms with Crippen molar-refractivity contribution in [2.75, 3.05) is 12.1 Å². The number of hydrogen-bond acceptors (Lipinski definition) is 7. The van der Waals surface area contributed by atoms with Crippen LogP contribution in [0.3, 0.4) is 0 Å². The molecule has 0 unspecified atom stereocenters. The first kappa shape index (κ1) is 20.7. The van der Waals surface area contributed by atoms with E-state index in [1.165, 1.54) is 16.9 Å². The van der Waals surface area contributed by atoms with Gasteiger partial charge in [-0.2, -0.15) is 5.10 Å². The topological polar surface area (TPSA) is 84.8 Å². The Kier molecular flexibility index (Phi) is 5.73. The Bertz CT molecular complexity index is 1310. The van der Waals surface area contributed by atoms with Crippen LogP contribution in [0.2, 0.25) is 0 Å². The number of anilines is 2. The molecule has 0 atom stereocenters. The summed E-state index contributed by atoms with van der Waals surface area (Å²) in [5.41, 5.74) is 7.84. The summed E-state index contributed by atoms with van der Waals surface area (Å²) in [4.78, 5) is 17.1. The second kappa shape index (κ2) is 9.13. The van der Waals surface area contributed by atoms with E-state index in [1.54, 1.807) is 18.3 Å². The third-order valence-electron chi connectivity index (χ3n) is 5.03. The summed E-state index contributed by atoms with van der Waals surface area (Å²) in [5, 5.41) is 10.1. The summed E-state index contributed by atoms with van der Waals surface area (Å²) < 4.78 is 10.6. The smallest absolute Gasteiger partial charge is 0.271 e. The van der Waals surface area contributed by atoms with Crippen molar-refractivity contribution in [1.29, 1.82) is 0 Å². The first-order chi connectivity index (χ1) is 16.1. The summed E-state index contributed by atoms with van der Waals surface area (Å²) in [6.07, 6.45) is 1.56. The fraction of sp³-hybridized carbons (Fsp3) is 0.0800. The number of rotatable bonds is 6. The van der Waals surface area contributed by atoms with Crippen LogP contribution in [0.25, 0.3) is 11.3 Å². The van der Waals surface area contributed by atoms with E-state index in [0.717, 1.165) is 27.6 Å². The van der Waals surface area contributed by atoms with Crippen molar-refractivity contribution in [3.05, 3.63) is 88.8 Å². The van der Waals surface area contributed by atoms with Crippen molar-refractivity contribution in [2.24, 2.45) is 5.10 Å². The van der Waals surface area contributed by atoms with E-state index in [4.69, 9.17) is 9.47 Å². The summed E-state index contributed by atoms with van der Waals surface area (Å²) >= 11 is 1.53. The predicted octanol–water partition coefficient (Wildman–Crippen LogP) is 5.35. The van der Waals surface area contributed by atoms with Gasteiger partial charge in [0, 0.05) is 22.2 Å². The van der Waals surface area contributed by atoms with Crippen molar-refractivity contribution in [3.8, 4) is 22.8 Å². The van der Waals surface area contributed by atoms with Gasteiger partial charge in [-0.3, -0.25) is 4.79 Å². The van der Waals surface area contributed by atoms with Crippen molar-refractivity contribution < 1.29 is 14.3 Å². The number of hydrogen-bond donors (Lipinski definition) is 2. The lowest BCUT2D eigenvalue weighted by atomic mass is 10.1. The average molecular weight is 457 g/mol. The van der Waals surface area contributed by atoms with Crippen molar-refractivity contribution in [1.82, 2.24) is 10.4 Å². The number of hydrazone groups is 1. The van der Waals surface area contributed by atoms with Gasteiger partial charge in [0.25, 0.3) is 5.91 Å². The van der Waals surface area contributed by atoms with Gasteiger partial charge >= 0.3 is 0 Å². The molecule has 0 saturated carbocycles. The van der Waals surface area contributed by atoms with E-state index < -0.39 is 0 Å². The van der Waals surface area contributed by atoms with Crippen molar-refractivity contribution in [3.63, 3.8) is 0 Å². The van der Waals surface area contributed by atoms with E-state index in [2.05, 4.69) is 39.9 Å². The maximum atomic E-state index is 12.4. The van der Waals surface area contributed by atoms with E-state index in [-0.39, 0.29) is 12.7 Å². The Morgan fingerprint density at radius 3 is 2.64 bits per heavy atom. The third-order valence-corrected chi connectivity index (χ3v) is 5.78. The lowest BCUT2D eigenvalue weighted by Crippen LogP contribution is -2.17. The first-order valence-corrected chi connectivity index (χ1v) is 11.1. The normalized spacial score (nSPS) is 12.2. The van der Waals surface area contributed by atoms with Gasteiger partial charge in [0.05, 0.1) is 11.9 Å². The zero-order valence-electron chi connectivity index (χ0n) is 17.7. The van der Waals surface area contributed by atoms with Gasteiger partial charge in [0.2, 0.25) is 6.79 Å². The highest BCUT2D eigenvalue weighted by molar-refractivity contribution is 7.14. The number of ether oxygens (including phenoxy) is 2. The van der Waals surface area contributed by atoms with Gasteiger partial charge in [-0.1, -0.05) is 29.8 Å². The van der Waals surface area contributed by atoms with Gasteiger partial charge < -0.3 is 14.8 Å². The zero-order valence-corrected chi connectivity index (χ0v) is 18.6. The van der Waals surface area contributed by atoms with Gasteiger partial charge in [0.1, 0.15) is 0 Å². The van der Waals surface area contributed by atoms with Gasteiger partial charge in [-0.25, -0.2) is 10.4 Å². The fourth-order valence-corrected chi connectivity index (χ4v) is 3.98. The Morgan fingerprint density at radius 2 is 1.82 bits per heavy atom. The van der Waals surface area contributed by atoms with Crippen LogP contribution in [-0.2, 0) is 0 Å². The van der Waals surface area contributed by atoms with Crippen LogP contribution in [0, 0.1) is 6.92 Å². The predicted molar refractivity (Wildman–Crippen MR) is 130 cm³/mol. The van der Waals surface area contributed by atoms with Crippen LogP contribution in [-0.4, -0.2) is 23.9 Å². The summed E-state index contributed by atoms with van der Waals surface area (Å²) in [5.74, 6) is 1.08. The molecular weight excluding hydrogens is 436 g/mol. The third kappa shape index (κ3) is 4.86. The minimum absolute atomic E-state index is 0.216. The maximum Gasteiger partial charge on any atom is 0.271 e. The lowest BCUT2D eigenvalue weighted by molar-refractivity contribution is 0.0955. The molecular formula is C25H20N4O3S. The minimum atomic E-state index is -0.293. The molecule has 3 aromatic carbocycles. The van der Waals surface area contributed by atoms with Crippen molar-refractivity contribution >= 4 is 34.3 Å². The molecule has 33 heavy (non-hydrogen) atoms. The number of carbonyl (C=O) groups is 1.